The minimum atomic E-state index is -0.227. The van der Waals surface area contributed by atoms with Gasteiger partial charge in [-0.15, -0.1) is 0 Å². The van der Waals surface area contributed by atoms with Crippen molar-refractivity contribution in [3.63, 3.8) is 0 Å². The van der Waals surface area contributed by atoms with Gasteiger partial charge >= 0.3 is 6.03 Å². The molecule has 0 saturated heterocycles. The highest BCUT2D eigenvalue weighted by molar-refractivity contribution is 6.31. The van der Waals surface area contributed by atoms with Crippen LogP contribution in [0.2, 0.25) is 5.02 Å². The van der Waals surface area contributed by atoms with Crippen molar-refractivity contribution in [1.29, 1.82) is 0 Å². The average molecular weight is 308 g/mol. The second-order valence-electron chi connectivity index (χ2n) is 5.34. The highest BCUT2D eigenvalue weighted by Crippen LogP contribution is 2.17. The molecule has 1 aromatic rings. The lowest BCUT2D eigenvalue weighted by atomic mass is 9.96. The summed E-state index contributed by atoms with van der Waals surface area (Å²) in [6.45, 7) is 2.00. The Morgan fingerprint density at radius 2 is 2.10 bits per heavy atom. The molecule has 4 nitrogen and oxygen atoms in total. The van der Waals surface area contributed by atoms with Gasteiger partial charge in [-0.05, 0) is 37.0 Å². The summed E-state index contributed by atoms with van der Waals surface area (Å²) in [6, 6.07) is 7.55. The molecule has 5 heteroatoms. The van der Waals surface area contributed by atoms with Gasteiger partial charge in [-0.3, -0.25) is 0 Å². The summed E-state index contributed by atoms with van der Waals surface area (Å²) in [5.74, 6) is 0. The van der Waals surface area contributed by atoms with Gasteiger partial charge < -0.3 is 5.32 Å². The minimum absolute atomic E-state index is 0.227. The molecule has 2 N–H and O–H groups in total. The fraction of sp³-hybridized carbons (Fsp3) is 0.500. The van der Waals surface area contributed by atoms with E-state index >= 15 is 0 Å². The number of carbonyl (C=O) groups is 1. The van der Waals surface area contributed by atoms with E-state index in [9.17, 15) is 4.79 Å². The lowest BCUT2D eigenvalue weighted by Crippen LogP contribution is -2.41. The molecule has 1 aliphatic carbocycles. The third-order valence-electron chi connectivity index (χ3n) is 3.73. The van der Waals surface area contributed by atoms with Crippen LogP contribution in [0.1, 0.15) is 51.0 Å². The standard InChI is InChI=1S/C16H22ClN3O/c1-2-15(12-7-6-8-13(17)11-12)19-20-16(21)18-14-9-4-3-5-10-14/h6-8,11,14H,2-5,9-10H2,1H3,(H2,18,20,21)/b19-15+. The van der Waals surface area contributed by atoms with Gasteiger partial charge in [0.15, 0.2) is 0 Å². The van der Waals surface area contributed by atoms with Crippen molar-refractivity contribution in [2.45, 2.75) is 51.5 Å². The first-order valence-electron chi connectivity index (χ1n) is 7.58. The van der Waals surface area contributed by atoms with Crippen molar-refractivity contribution in [2.75, 3.05) is 0 Å². The summed E-state index contributed by atoms with van der Waals surface area (Å²) in [6.07, 6.45) is 6.50. The molecular weight excluding hydrogens is 286 g/mol. The zero-order valence-corrected chi connectivity index (χ0v) is 13.1. The molecule has 2 amide bonds. The normalized spacial score (nSPS) is 16.6. The van der Waals surface area contributed by atoms with Crippen molar-refractivity contribution in [3.05, 3.63) is 34.9 Å². The summed E-state index contributed by atoms with van der Waals surface area (Å²) < 4.78 is 0. The molecule has 1 aliphatic rings. The fourth-order valence-corrected chi connectivity index (χ4v) is 2.79. The number of hydrogen-bond acceptors (Lipinski definition) is 2. The van der Waals surface area contributed by atoms with E-state index < -0.39 is 0 Å². The molecule has 0 heterocycles. The van der Waals surface area contributed by atoms with Crippen LogP contribution in [0.4, 0.5) is 4.79 Å². The number of rotatable bonds is 4. The Hall–Kier alpha value is -1.55. The number of amides is 2. The van der Waals surface area contributed by atoms with E-state index in [0.29, 0.717) is 5.02 Å². The molecule has 0 atom stereocenters. The van der Waals surface area contributed by atoms with Gasteiger partial charge in [0.25, 0.3) is 0 Å². The van der Waals surface area contributed by atoms with Crippen LogP contribution in [0.3, 0.4) is 0 Å². The van der Waals surface area contributed by atoms with Crippen LogP contribution in [0, 0.1) is 0 Å². The maximum Gasteiger partial charge on any atom is 0.335 e. The Morgan fingerprint density at radius 3 is 2.76 bits per heavy atom. The second-order valence-corrected chi connectivity index (χ2v) is 5.78. The molecule has 0 bridgehead atoms. The quantitative estimate of drug-likeness (QED) is 0.639. The predicted molar refractivity (Wildman–Crippen MR) is 86.8 cm³/mol. The summed E-state index contributed by atoms with van der Waals surface area (Å²) in [5.41, 5.74) is 4.34. The number of halogens is 1. The van der Waals surface area contributed by atoms with E-state index in [1.807, 2.05) is 31.2 Å². The molecule has 0 radical (unpaired) electrons. The van der Waals surface area contributed by atoms with E-state index in [0.717, 1.165) is 30.5 Å². The molecule has 2 rings (SSSR count). The summed E-state index contributed by atoms with van der Waals surface area (Å²) in [5, 5.41) is 7.86. The van der Waals surface area contributed by atoms with Crippen molar-refractivity contribution in [3.8, 4) is 0 Å². The number of hydrogen-bond donors (Lipinski definition) is 2. The highest BCUT2D eigenvalue weighted by atomic mass is 35.5. The minimum Gasteiger partial charge on any atom is -0.334 e. The number of benzene rings is 1. The van der Waals surface area contributed by atoms with Gasteiger partial charge in [-0.25, -0.2) is 10.2 Å². The van der Waals surface area contributed by atoms with E-state index in [1.54, 1.807) is 0 Å². The molecule has 1 fully saturated rings. The zero-order chi connectivity index (χ0) is 15.1. The number of carbonyl (C=O) groups excluding carboxylic acids is 1. The predicted octanol–water partition coefficient (Wildman–Crippen LogP) is 4.09. The van der Waals surface area contributed by atoms with Gasteiger partial charge in [-0.1, -0.05) is 49.9 Å². The number of nitrogens with zero attached hydrogens (tertiary/aromatic N) is 1. The van der Waals surface area contributed by atoms with Crippen LogP contribution in [-0.2, 0) is 0 Å². The van der Waals surface area contributed by atoms with Crippen LogP contribution >= 0.6 is 11.6 Å². The largest absolute Gasteiger partial charge is 0.335 e. The SMILES string of the molecule is CC/C(=N\NC(=O)NC1CCCCC1)c1cccc(Cl)c1. The number of urea groups is 1. The average Bonchev–Trinajstić information content (AvgIpc) is 2.49. The first kappa shape index (κ1) is 15.8. The van der Waals surface area contributed by atoms with Crippen molar-refractivity contribution in [1.82, 2.24) is 10.7 Å². The Kier molecular flexibility index (Phi) is 6.05. The molecule has 114 valence electrons. The number of nitrogens with one attached hydrogen (secondary N) is 2. The van der Waals surface area contributed by atoms with Gasteiger partial charge in [0.05, 0.1) is 5.71 Å². The van der Waals surface area contributed by atoms with Crippen LogP contribution in [0.25, 0.3) is 0 Å². The molecule has 0 aliphatic heterocycles. The van der Waals surface area contributed by atoms with Crippen molar-refractivity contribution < 1.29 is 4.79 Å². The Bertz CT molecular complexity index is 510. The monoisotopic (exact) mass is 307 g/mol. The van der Waals surface area contributed by atoms with Gasteiger partial charge in [0.1, 0.15) is 0 Å². The Labute approximate surface area is 131 Å². The van der Waals surface area contributed by atoms with Crippen molar-refractivity contribution in [2.24, 2.45) is 5.10 Å². The molecule has 0 spiro atoms. The van der Waals surface area contributed by atoms with Crippen LogP contribution in [0.15, 0.2) is 29.4 Å². The highest BCUT2D eigenvalue weighted by Gasteiger charge is 2.15. The first-order chi connectivity index (χ1) is 10.2. The van der Waals surface area contributed by atoms with Crippen molar-refractivity contribution >= 4 is 23.3 Å². The summed E-state index contributed by atoms with van der Waals surface area (Å²) in [4.78, 5) is 11.9. The third-order valence-corrected chi connectivity index (χ3v) is 3.96. The Morgan fingerprint density at radius 1 is 1.33 bits per heavy atom. The number of hydrazone groups is 1. The van der Waals surface area contributed by atoms with Gasteiger partial charge in [-0.2, -0.15) is 5.10 Å². The van der Waals surface area contributed by atoms with Crippen LogP contribution in [0.5, 0.6) is 0 Å². The lowest BCUT2D eigenvalue weighted by molar-refractivity contribution is 0.233. The van der Waals surface area contributed by atoms with Crippen LogP contribution < -0.4 is 10.7 Å². The van der Waals surface area contributed by atoms with E-state index in [2.05, 4.69) is 15.8 Å². The summed E-state index contributed by atoms with van der Waals surface area (Å²) >= 11 is 5.98. The van der Waals surface area contributed by atoms with Gasteiger partial charge in [0, 0.05) is 11.1 Å². The molecular formula is C16H22ClN3O. The van der Waals surface area contributed by atoms with E-state index in [-0.39, 0.29) is 12.1 Å². The van der Waals surface area contributed by atoms with Crippen LogP contribution in [-0.4, -0.2) is 17.8 Å². The topological polar surface area (TPSA) is 53.5 Å². The summed E-state index contributed by atoms with van der Waals surface area (Å²) in [7, 11) is 0. The lowest BCUT2D eigenvalue weighted by Gasteiger charge is -2.22. The maximum atomic E-state index is 11.9. The van der Waals surface area contributed by atoms with E-state index in [4.69, 9.17) is 11.6 Å². The maximum absolute atomic E-state index is 11.9. The molecule has 1 aromatic carbocycles. The third kappa shape index (κ3) is 5.05. The molecule has 0 unspecified atom stereocenters. The Balaban J connectivity index is 1.92. The first-order valence-corrected chi connectivity index (χ1v) is 7.96. The zero-order valence-electron chi connectivity index (χ0n) is 12.4. The molecule has 21 heavy (non-hydrogen) atoms. The second kappa shape index (κ2) is 8.03. The smallest absolute Gasteiger partial charge is 0.334 e. The molecule has 0 aromatic heterocycles. The van der Waals surface area contributed by atoms with E-state index in [1.165, 1.54) is 19.3 Å². The molecule has 1 saturated carbocycles. The fourth-order valence-electron chi connectivity index (χ4n) is 2.60. The van der Waals surface area contributed by atoms with Gasteiger partial charge in [0.2, 0.25) is 0 Å².